The quantitative estimate of drug-likeness (QED) is 0.694. The Morgan fingerprint density at radius 2 is 2.33 bits per heavy atom. The van der Waals surface area contributed by atoms with Crippen LogP contribution in [0.15, 0.2) is 0 Å². The molecule has 0 aromatic heterocycles. The van der Waals surface area contributed by atoms with Crippen LogP contribution in [-0.2, 0) is 0 Å². The molecule has 1 saturated heterocycles. The van der Waals surface area contributed by atoms with Gasteiger partial charge in [-0.2, -0.15) is 0 Å². The highest BCUT2D eigenvalue weighted by atomic mass is 19.1. The normalized spacial score (nSPS) is 31.2. The maximum absolute atomic E-state index is 11.9. The van der Waals surface area contributed by atoms with Crippen molar-refractivity contribution in [2.24, 2.45) is 0 Å². The molecule has 0 aromatic carbocycles. The third-order valence-electron chi connectivity index (χ3n) is 2.81. The number of nitrogens with zero attached hydrogens (tertiary/aromatic N) is 1. The van der Waals surface area contributed by atoms with Crippen LogP contribution in [0.1, 0.15) is 26.2 Å². The summed E-state index contributed by atoms with van der Waals surface area (Å²) in [6.45, 7) is 3.79. The number of likely N-dealkylation sites (tertiary alicyclic amines) is 1. The third kappa shape index (κ3) is 1.96. The van der Waals surface area contributed by atoms with Gasteiger partial charge in [-0.25, -0.2) is 0 Å². The van der Waals surface area contributed by atoms with E-state index in [2.05, 4.69) is 11.8 Å². The SMILES string of the molecule is CC1(CO)CCCN1CCCF. The fraction of sp³-hybridized carbons (Fsp3) is 1.00. The molecule has 0 saturated carbocycles. The Labute approximate surface area is 73.4 Å². The Morgan fingerprint density at radius 1 is 1.58 bits per heavy atom. The first-order valence-electron chi connectivity index (χ1n) is 4.65. The third-order valence-corrected chi connectivity index (χ3v) is 2.81. The Bertz CT molecular complexity index is 142. The van der Waals surface area contributed by atoms with Gasteiger partial charge < -0.3 is 5.11 Å². The summed E-state index contributed by atoms with van der Waals surface area (Å²) in [5.41, 5.74) is -0.0742. The lowest BCUT2D eigenvalue weighted by molar-refractivity contribution is 0.0767. The molecule has 0 aliphatic carbocycles. The van der Waals surface area contributed by atoms with Gasteiger partial charge in [-0.1, -0.05) is 0 Å². The number of hydrogen-bond donors (Lipinski definition) is 1. The zero-order valence-corrected chi connectivity index (χ0v) is 7.72. The smallest absolute Gasteiger partial charge is 0.0906 e. The van der Waals surface area contributed by atoms with Gasteiger partial charge in [0.05, 0.1) is 13.3 Å². The van der Waals surface area contributed by atoms with E-state index in [4.69, 9.17) is 5.11 Å². The lowest BCUT2D eigenvalue weighted by atomic mass is 10.0. The van der Waals surface area contributed by atoms with Gasteiger partial charge in [0, 0.05) is 12.1 Å². The highest BCUT2D eigenvalue weighted by Crippen LogP contribution is 2.28. The van der Waals surface area contributed by atoms with Gasteiger partial charge in [0.1, 0.15) is 0 Å². The van der Waals surface area contributed by atoms with E-state index in [1.165, 1.54) is 0 Å². The first-order chi connectivity index (χ1) is 5.73. The zero-order valence-electron chi connectivity index (χ0n) is 7.72. The van der Waals surface area contributed by atoms with Crippen LogP contribution in [0.25, 0.3) is 0 Å². The molecule has 0 bridgehead atoms. The second kappa shape index (κ2) is 4.19. The van der Waals surface area contributed by atoms with Crippen molar-refractivity contribution >= 4 is 0 Å². The first-order valence-corrected chi connectivity index (χ1v) is 4.65. The molecule has 72 valence electrons. The van der Waals surface area contributed by atoms with Crippen LogP contribution in [0.5, 0.6) is 0 Å². The minimum atomic E-state index is -0.252. The van der Waals surface area contributed by atoms with Crippen LogP contribution >= 0.6 is 0 Å². The summed E-state index contributed by atoms with van der Waals surface area (Å²) < 4.78 is 11.9. The molecule has 0 amide bonds. The van der Waals surface area contributed by atoms with Crippen LogP contribution in [0.2, 0.25) is 0 Å². The molecule has 1 aliphatic heterocycles. The van der Waals surface area contributed by atoms with E-state index in [0.29, 0.717) is 6.42 Å². The van der Waals surface area contributed by atoms with E-state index in [-0.39, 0.29) is 18.8 Å². The molecular formula is C9H18FNO. The molecule has 12 heavy (non-hydrogen) atoms. The van der Waals surface area contributed by atoms with Gasteiger partial charge in [-0.3, -0.25) is 9.29 Å². The Morgan fingerprint density at radius 3 is 2.92 bits per heavy atom. The van der Waals surface area contributed by atoms with Crippen molar-refractivity contribution in [1.29, 1.82) is 0 Å². The average molecular weight is 175 g/mol. The molecule has 1 fully saturated rings. The summed E-state index contributed by atoms with van der Waals surface area (Å²) >= 11 is 0. The van der Waals surface area contributed by atoms with E-state index < -0.39 is 0 Å². The number of alkyl halides is 1. The topological polar surface area (TPSA) is 23.5 Å². The molecule has 1 rings (SSSR count). The van der Waals surface area contributed by atoms with Crippen molar-refractivity contribution in [3.8, 4) is 0 Å². The Hall–Kier alpha value is -0.150. The molecule has 0 spiro atoms. The van der Waals surface area contributed by atoms with Gasteiger partial charge in [-0.05, 0) is 32.7 Å². The minimum absolute atomic E-state index is 0.0742. The molecule has 1 aliphatic rings. The van der Waals surface area contributed by atoms with Crippen molar-refractivity contribution < 1.29 is 9.50 Å². The standard InChI is InChI=1S/C9H18FNO/c1-9(8-12)4-2-6-11(9)7-3-5-10/h12H,2-8H2,1H3. The molecule has 1 N–H and O–H groups in total. The van der Waals surface area contributed by atoms with Crippen molar-refractivity contribution in [3.63, 3.8) is 0 Å². The highest BCUT2D eigenvalue weighted by molar-refractivity contribution is 4.91. The number of halogens is 1. The Kier molecular flexibility index (Phi) is 3.47. The van der Waals surface area contributed by atoms with E-state index in [1.54, 1.807) is 0 Å². The monoisotopic (exact) mass is 175 g/mol. The number of hydrogen-bond acceptors (Lipinski definition) is 2. The molecule has 0 radical (unpaired) electrons. The van der Waals surface area contributed by atoms with Crippen molar-refractivity contribution in [1.82, 2.24) is 4.90 Å². The molecule has 3 heteroatoms. The van der Waals surface area contributed by atoms with Crippen LogP contribution < -0.4 is 0 Å². The van der Waals surface area contributed by atoms with Crippen LogP contribution in [0.3, 0.4) is 0 Å². The Balaban J connectivity index is 2.40. The molecule has 1 unspecified atom stereocenters. The van der Waals surface area contributed by atoms with Crippen LogP contribution in [0.4, 0.5) is 4.39 Å². The summed E-state index contributed by atoms with van der Waals surface area (Å²) in [4.78, 5) is 2.20. The molecule has 1 atom stereocenters. The van der Waals surface area contributed by atoms with Crippen LogP contribution in [-0.4, -0.2) is 41.9 Å². The largest absolute Gasteiger partial charge is 0.394 e. The number of aliphatic hydroxyl groups excluding tert-OH is 1. The molecule has 2 nitrogen and oxygen atoms in total. The van der Waals surface area contributed by atoms with E-state index >= 15 is 0 Å². The lowest BCUT2D eigenvalue weighted by Gasteiger charge is -2.33. The second-order valence-electron chi connectivity index (χ2n) is 3.79. The minimum Gasteiger partial charge on any atom is -0.394 e. The predicted molar refractivity (Wildman–Crippen MR) is 46.9 cm³/mol. The average Bonchev–Trinajstić information content (AvgIpc) is 2.45. The highest BCUT2D eigenvalue weighted by Gasteiger charge is 2.34. The van der Waals surface area contributed by atoms with Gasteiger partial charge >= 0.3 is 0 Å². The molecule has 1 heterocycles. The molecule has 0 aromatic rings. The fourth-order valence-electron chi connectivity index (χ4n) is 1.89. The molecular weight excluding hydrogens is 157 g/mol. The van der Waals surface area contributed by atoms with Gasteiger partial charge in [0.2, 0.25) is 0 Å². The summed E-state index contributed by atoms with van der Waals surface area (Å²) in [6, 6.07) is 0. The van der Waals surface area contributed by atoms with Gasteiger partial charge in [0.15, 0.2) is 0 Å². The van der Waals surface area contributed by atoms with E-state index in [9.17, 15) is 4.39 Å². The first kappa shape index (κ1) is 9.93. The lowest BCUT2D eigenvalue weighted by Crippen LogP contribution is -2.44. The maximum atomic E-state index is 11.9. The van der Waals surface area contributed by atoms with E-state index in [1.807, 2.05) is 0 Å². The summed E-state index contributed by atoms with van der Waals surface area (Å²) in [7, 11) is 0. The number of aliphatic hydroxyl groups is 1. The van der Waals surface area contributed by atoms with Gasteiger partial charge in [-0.15, -0.1) is 0 Å². The summed E-state index contributed by atoms with van der Waals surface area (Å²) in [5.74, 6) is 0. The fourth-order valence-corrected chi connectivity index (χ4v) is 1.89. The van der Waals surface area contributed by atoms with Crippen molar-refractivity contribution in [3.05, 3.63) is 0 Å². The summed E-state index contributed by atoms with van der Waals surface area (Å²) in [5, 5.41) is 9.16. The van der Waals surface area contributed by atoms with Crippen molar-refractivity contribution in [2.45, 2.75) is 31.7 Å². The van der Waals surface area contributed by atoms with E-state index in [0.717, 1.165) is 25.9 Å². The number of rotatable bonds is 4. The zero-order chi connectivity index (χ0) is 9.03. The predicted octanol–water partition coefficient (Wildman–Crippen LogP) is 1.19. The maximum Gasteiger partial charge on any atom is 0.0906 e. The summed E-state index contributed by atoms with van der Waals surface area (Å²) in [6.07, 6.45) is 2.76. The van der Waals surface area contributed by atoms with Gasteiger partial charge in [0.25, 0.3) is 0 Å². The second-order valence-corrected chi connectivity index (χ2v) is 3.79. The van der Waals surface area contributed by atoms with Crippen LogP contribution in [0, 0.1) is 0 Å². The van der Waals surface area contributed by atoms with Crippen molar-refractivity contribution in [2.75, 3.05) is 26.4 Å².